The van der Waals surface area contributed by atoms with Crippen LogP contribution in [0.25, 0.3) is 0 Å². The van der Waals surface area contributed by atoms with E-state index in [4.69, 9.17) is 9.47 Å². The van der Waals surface area contributed by atoms with Gasteiger partial charge in [-0.1, -0.05) is 6.07 Å². The summed E-state index contributed by atoms with van der Waals surface area (Å²) >= 11 is 0. The highest BCUT2D eigenvalue weighted by Crippen LogP contribution is 2.24. The van der Waals surface area contributed by atoms with E-state index >= 15 is 0 Å². The zero-order valence-electron chi connectivity index (χ0n) is 13.2. The number of nitrogens with zero attached hydrogens (tertiary/aromatic N) is 2. The monoisotopic (exact) mass is 305 g/mol. The fourth-order valence-corrected chi connectivity index (χ4v) is 3.32. The number of hydrogen-bond acceptors (Lipinski definition) is 4. The normalized spacial score (nSPS) is 23.6. The largest absolute Gasteiger partial charge is 0.383 e. The van der Waals surface area contributed by atoms with Crippen LogP contribution in [0.15, 0.2) is 12.1 Å². The van der Waals surface area contributed by atoms with Crippen molar-refractivity contribution in [3.8, 4) is 0 Å². The highest BCUT2D eigenvalue weighted by atomic mass is 16.5. The van der Waals surface area contributed by atoms with Gasteiger partial charge in [0.15, 0.2) is 0 Å². The van der Waals surface area contributed by atoms with E-state index in [9.17, 15) is 4.79 Å². The highest BCUT2D eigenvalue weighted by molar-refractivity contribution is 5.88. The average molecular weight is 305 g/mol. The number of pyridine rings is 1. The maximum atomic E-state index is 12.5. The minimum absolute atomic E-state index is 0.0457. The van der Waals surface area contributed by atoms with Crippen molar-refractivity contribution in [3.63, 3.8) is 0 Å². The second-order valence-corrected chi connectivity index (χ2v) is 5.94. The van der Waals surface area contributed by atoms with Crippen LogP contribution >= 0.6 is 0 Å². The average Bonchev–Trinajstić information content (AvgIpc) is 3.13. The minimum atomic E-state index is -0.132. The van der Waals surface area contributed by atoms with E-state index in [-0.39, 0.29) is 18.2 Å². The molecule has 6 nitrogen and oxygen atoms in total. The van der Waals surface area contributed by atoms with Gasteiger partial charge in [0, 0.05) is 26.5 Å². The van der Waals surface area contributed by atoms with Crippen LogP contribution in [0.2, 0.25) is 0 Å². The Balaban J connectivity index is 1.67. The molecule has 22 heavy (non-hydrogen) atoms. The molecular formula is C16H23N3O3. The van der Waals surface area contributed by atoms with Crippen molar-refractivity contribution in [1.82, 2.24) is 9.88 Å². The Labute approximate surface area is 130 Å². The summed E-state index contributed by atoms with van der Waals surface area (Å²) in [5.74, 6) is 0.627. The summed E-state index contributed by atoms with van der Waals surface area (Å²) < 4.78 is 10.6. The molecule has 0 radical (unpaired) electrons. The molecule has 1 aromatic rings. The van der Waals surface area contributed by atoms with Crippen LogP contribution in [0.4, 0.5) is 10.6 Å². The molecule has 1 saturated heterocycles. The lowest BCUT2D eigenvalue weighted by Gasteiger charge is -2.24. The van der Waals surface area contributed by atoms with Crippen LogP contribution in [0.5, 0.6) is 0 Å². The summed E-state index contributed by atoms with van der Waals surface area (Å²) in [6.45, 7) is 1.10. The fourth-order valence-electron chi connectivity index (χ4n) is 3.32. The summed E-state index contributed by atoms with van der Waals surface area (Å²) in [5, 5.41) is 2.91. The molecule has 1 aliphatic heterocycles. The molecule has 1 aliphatic carbocycles. The zero-order chi connectivity index (χ0) is 15.5. The van der Waals surface area contributed by atoms with Crippen LogP contribution in [-0.2, 0) is 22.3 Å². The Morgan fingerprint density at radius 1 is 1.41 bits per heavy atom. The van der Waals surface area contributed by atoms with E-state index in [0.717, 1.165) is 31.4 Å². The van der Waals surface area contributed by atoms with Crippen molar-refractivity contribution >= 4 is 11.8 Å². The number of likely N-dealkylation sites (tertiary alicyclic amines) is 1. The number of amides is 2. The number of rotatable bonds is 4. The van der Waals surface area contributed by atoms with Gasteiger partial charge in [-0.05, 0) is 37.3 Å². The first-order valence-corrected chi connectivity index (χ1v) is 7.79. The minimum Gasteiger partial charge on any atom is -0.383 e. The first kappa shape index (κ1) is 15.2. The number of ether oxygens (including phenoxy) is 2. The van der Waals surface area contributed by atoms with Gasteiger partial charge in [-0.2, -0.15) is 0 Å². The molecule has 2 aliphatic rings. The third-order valence-corrected chi connectivity index (χ3v) is 4.49. The number of anilines is 1. The van der Waals surface area contributed by atoms with Crippen LogP contribution < -0.4 is 5.32 Å². The molecule has 2 amide bonds. The summed E-state index contributed by atoms with van der Waals surface area (Å²) in [4.78, 5) is 18.9. The SMILES string of the molecule is COC[C@@H]1C[C@@H](OC)CN1C(=O)Nc1ccc2c(n1)CCC2. The molecule has 2 heterocycles. The van der Waals surface area contributed by atoms with Gasteiger partial charge < -0.3 is 14.4 Å². The fraction of sp³-hybridized carbons (Fsp3) is 0.625. The Morgan fingerprint density at radius 3 is 3.05 bits per heavy atom. The molecule has 1 N–H and O–H groups in total. The Kier molecular flexibility index (Phi) is 4.59. The maximum absolute atomic E-state index is 12.5. The van der Waals surface area contributed by atoms with Gasteiger partial charge in [0.2, 0.25) is 0 Å². The molecule has 0 aromatic carbocycles. The smallest absolute Gasteiger partial charge is 0.323 e. The summed E-state index contributed by atoms with van der Waals surface area (Å²) in [7, 11) is 3.33. The molecule has 120 valence electrons. The number of nitrogens with one attached hydrogen (secondary N) is 1. The molecule has 6 heteroatoms. The van der Waals surface area contributed by atoms with Gasteiger partial charge in [-0.3, -0.25) is 5.32 Å². The van der Waals surface area contributed by atoms with Crippen molar-refractivity contribution in [2.45, 2.75) is 37.8 Å². The van der Waals surface area contributed by atoms with Gasteiger partial charge in [-0.15, -0.1) is 0 Å². The van der Waals surface area contributed by atoms with E-state index in [2.05, 4.69) is 16.4 Å². The number of fused-ring (bicyclic) bond motifs is 1. The van der Waals surface area contributed by atoms with E-state index in [1.54, 1.807) is 19.1 Å². The molecular weight excluding hydrogens is 282 g/mol. The third-order valence-electron chi connectivity index (χ3n) is 4.49. The van der Waals surface area contributed by atoms with Crippen molar-refractivity contribution in [2.75, 3.05) is 32.7 Å². The zero-order valence-corrected chi connectivity index (χ0v) is 13.2. The number of aromatic nitrogens is 1. The van der Waals surface area contributed by atoms with E-state index in [1.807, 2.05) is 6.07 Å². The Morgan fingerprint density at radius 2 is 2.27 bits per heavy atom. The predicted molar refractivity (Wildman–Crippen MR) is 83.1 cm³/mol. The quantitative estimate of drug-likeness (QED) is 0.922. The molecule has 0 spiro atoms. The van der Waals surface area contributed by atoms with Crippen LogP contribution in [0, 0.1) is 0 Å². The summed E-state index contributed by atoms with van der Waals surface area (Å²) in [6, 6.07) is 3.87. The number of aryl methyl sites for hydroxylation is 2. The first-order chi connectivity index (χ1) is 10.7. The number of methoxy groups -OCH3 is 2. The standard InChI is InChI=1S/C16H23N3O3/c1-21-10-12-8-13(22-2)9-19(12)16(20)18-15-7-6-11-4-3-5-14(11)17-15/h6-7,12-13H,3-5,8-10H2,1-2H3,(H,17,18,20)/t12-,13+/m0/s1. The summed E-state index contributed by atoms with van der Waals surface area (Å²) in [6.07, 6.45) is 4.11. The maximum Gasteiger partial charge on any atom is 0.323 e. The predicted octanol–water partition coefficient (Wildman–Crippen LogP) is 1.84. The van der Waals surface area contributed by atoms with Crippen molar-refractivity contribution in [2.24, 2.45) is 0 Å². The summed E-state index contributed by atoms with van der Waals surface area (Å²) in [5.41, 5.74) is 2.42. The van der Waals surface area contributed by atoms with Gasteiger partial charge in [0.1, 0.15) is 5.82 Å². The van der Waals surface area contributed by atoms with E-state index < -0.39 is 0 Å². The number of urea groups is 1. The lowest BCUT2D eigenvalue weighted by atomic mass is 10.2. The van der Waals surface area contributed by atoms with Crippen LogP contribution in [0.3, 0.4) is 0 Å². The number of carbonyl (C=O) groups excluding carboxylic acids is 1. The second kappa shape index (κ2) is 6.62. The molecule has 3 rings (SSSR count). The van der Waals surface area contributed by atoms with Gasteiger partial charge in [0.25, 0.3) is 0 Å². The van der Waals surface area contributed by atoms with Crippen molar-refractivity contribution in [3.05, 3.63) is 23.4 Å². The van der Waals surface area contributed by atoms with Crippen molar-refractivity contribution in [1.29, 1.82) is 0 Å². The Bertz CT molecular complexity index is 549. The van der Waals surface area contributed by atoms with Crippen molar-refractivity contribution < 1.29 is 14.3 Å². The lowest BCUT2D eigenvalue weighted by molar-refractivity contribution is 0.110. The molecule has 0 unspecified atom stereocenters. The molecule has 1 fully saturated rings. The lowest BCUT2D eigenvalue weighted by Crippen LogP contribution is -2.41. The van der Waals surface area contributed by atoms with Gasteiger partial charge in [-0.25, -0.2) is 9.78 Å². The molecule has 0 saturated carbocycles. The number of hydrogen-bond donors (Lipinski definition) is 1. The highest BCUT2D eigenvalue weighted by Gasteiger charge is 2.35. The molecule has 1 aromatic heterocycles. The first-order valence-electron chi connectivity index (χ1n) is 7.79. The van der Waals surface area contributed by atoms with E-state index in [0.29, 0.717) is 19.0 Å². The third kappa shape index (κ3) is 3.08. The number of carbonyl (C=O) groups is 1. The van der Waals surface area contributed by atoms with Gasteiger partial charge >= 0.3 is 6.03 Å². The topological polar surface area (TPSA) is 63.7 Å². The Hall–Kier alpha value is -1.66. The molecule has 0 bridgehead atoms. The van der Waals surface area contributed by atoms with Crippen LogP contribution in [-0.4, -0.2) is 55.4 Å². The second-order valence-electron chi connectivity index (χ2n) is 5.94. The molecule has 2 atom stereocenters. The van der Waals surface area contributed by atoms with Gasteiger partial charge in [0.05, 0.1) is 18.8 Å². The van der Waals surface area contributed by atoms with Crippen LogP contribution in [0.1, 0.15) is 24.1 Å². The van der Waals surface area contributed by atoms with E-state index in [1.165, 1.54) is 5.56 Å².